The van der Waals surface area contributed by atoms with Crippen molar-refractivity contribution in [3.63, 3.8) is 0 Å². The number of rotatable bonds is 13. The minimum absolute atomic E-state index is 0.0366. The molecule has 0 aromatic heterocycles. The van der Waals surface area contributed by atoms with Gasteiger partial charge in [0.15, 0.2) is 0 Å². The summed E-state index contributed by atoms with van der Waals surface area (Å²) in [4.78, 5) is 0. The monoisotopic (exact) mass is 280 g/mol. The van der Waals surface area contributed by atoms with E-state index in [1.807, 2.05) is 0 Å². The minimum atomic E-state index is -2.95. The van der Waals surface area contributed by atoms with Gasteiger partial charge >= 0.3 is 8.80 Å². The van der Waals surface area contributed by atoms with Gasteiger partial charge in [0, 0.05) is 39.6 Å². The molecule has 0 rings (SSSR count). The average Bonchev–Trinajstić information content (AvgIpc) is 2.39. The predicted octanol–water partition coefficient (Wildman–Crippen LogP) is -0.153. The molecule has 0 aromatic carbocycles. The zero-order valence-corrected chi connectivity index (χ0v) is 11.7. The van der Waals surface area contributed by atoms with Crippen molar-refractivity contribution in [2.75, 3.05) is 39.6 Å². The summed E-state index contributed by atoms with van der Waals surface area (Å²) in [5, 5.41) is 26.2. The maximum absolute atomic E-state index is 8.73. The largest absolute Gasteiger partial charge is 0.529 e. The Labute approximate surface area is 109 Å². The van der Waals surface area contributed by atoms with Gasteiger partial charge < -0.3 is 28.6 Å². The van der Waals surface area contributed by atoms with Crippen molar-refractivity contribution < 1.29 is 28.6 Å². The zero-order chi connectivity index (χ0) is 13.7. The highest BCUT2D eigenvalue weighted by molar-refractivity contribution is 6.66. The quantitative estimate of drug-likeness (QED) is 0.321. The first kappa shape index (κ1) is 17.7. The second-order valence-corrected chi connectivity index (χ2v) is 6.07. The highest BCUT2D eigenvalue weighted by Crippen LogP contribution is 2.12. The van der Waals surface area contributed by atoms with Crippen LogP contribution >= 0.6 is 0 Å². The summed E-state index contributed by atoms with van der Waals surface area (Å²) in [6, 6.07) is 0. The Hall–Kier alpha value is -0.283. The van der Waals surface area contributed by atoms with E-state index in [0.717, 1.165) is 0 Å². The lowest BCUT2D eigenvalue weighted by Gasteiger charge is -2.26. The van der Waals surface area contributed by atoms with Gasteiger partial charge in [-0.05, 0) is 25.0 Å². The molecule has 0 saturated carbocycles. The maximum atomic E-state index is 8.73. The summed E-state index contributed by atoms with van der Waals surface area (Å²) < 4.78 is 16.7. The van der Waals surface area contributed by atoms with Gasteiger partial charge in [-0.25, -0.2) is 0 Å². The fraction of sp³-hybridized carbons (Fsp3) is 0.818. The van der Waals surface area contributed by atoms with Crippen LogP contribution in [0.4, 0.5) is 0 Å². The molecule has 0 aliphatic carbocycles. The van der Waals surface area contributed by atoms with Gasteiger partial charge in [-0.15, -0.1) is 0 Å². The van der Waals surface area contributed by atoms with Crippen molar-refractivity contribution in [3.05, 3.63) is 12.3 Å². The zero-order valence-electron chi connectivity index (χ0n) is 10.7. The molecule has 0 fully saturated rings. The molecule has 6 nitrogen and oxygen atoms in total. The summed E-state index contributed by atoms with van der Waals surface area (Å²) in [6.07, 6.45) is 1.49. The molecule has 0 radical (unpaired) electrons. The van der Waals surface area contributed by atoms with Crippen molar-refractivity contribution in [2.24, 2.45) is 0 Å². The van der Waals surface area contributed by atoms with Crippen LogP contribution in [0, 0.1) is 0 Å². The number of aliphatic hydroxyl groups excluding tert-OH is 3. The Morgan fingerprint density at radius 3 is 1.33 bits per heavy atom. The SMILES string of the molecule is C=C[Si](OCCCO)(OCCCO)OCCCO. The summed E-state index contributed by atoms with van der Waals surface area (Å²) in [5.74, 6) is 0. The molecule has 0 aliphatic rings. The van der Waals surface area contributed by atoms with E-state index in [2.05, 4.69) is 6.58 Å². The van der Waals surface area contributed by atoms with Crippen molar-refractivity contribution in [2.45, 2.75) is 19.3 Å². The lowest BCUT2D eigenvalue weighted by atomic mass is 10.5. The maximum Gasteiger partial charge on any atom is 0.529 e. The average molecular weight is 280 g/mol. The molecular formula is C11H24O6Si. The lowest BCUT2D eigenvalue weighted by molar-refractivity contribution is 0.0585. The van der Waals surface area contributed by atoms with Crippen LogP contribution in [-0.4, -0.2) is 63.8 Å². The fourth-order valence-electron chi connectivity index (χ4n) is 1.14. The third-order valence-electron chi connectivity index (χ3n) is 2.07. The van der Waals surface area contributed by atoms with Crippen molar-refractivity contribution in [1.82, 2.24) is 0 Å². The number of hydrogen-bond donors (Lipinski definition) is 3. The molecule has 0 saturated heterocycles. The van der Waals surface area contributed by atoms with E-state index in [9.17, 15) is 0 Å². The van der Waals surface area contributed by atoms with E-state index in [4.69, 9.17) is 28.6 Å². The van der Waals surface area contributed by atoms with Crippen LogP contribution in [0.5, 0.6) is 0 Å². The molecule has 0 bridgehead atoms. The molecule has 18 heavy (non-hydrogen) atoms. The van der Waals surface area contributed by atoms with E-state index < -0.39 is 8.80 Å². The third-order valence-corrected chi connectivity index (χ3v) is 4.39. The Kier molecular flexibility index (Phi) is 11.6. The Morgan fingerprint density at radius 2 is 1.11 bits per heavy atom. The first-order valence-corrected chi connectivity index (χ1v) is 7.93. The van der Waals surface area contributed by atoms with Crippen LogP contribution in [-0.2, 0) is 13.3 Å². The van der Waals surface area contributed by atoms with E-state index in [-0.39, 0.29) is 19.8 Å². The van der Waals surface area contributed by atoms with Crippen LogP contribution in [0.2, 0.25) is 0 Å². The van der Waals surface area contributed by atoms with Gasteiger partial charge in [-0.3, -0.25) is 0 Å². The third kappa shape index (κ3) is 7.93. The second kappa shape index (κ2) is 11.8. The predicted molar refractivity (Wildman–Crippen MR) is 68.9 cm³/mol. The van der Waals surface area contributed by atoms with E-state index in [0.29, 0.717) is 39.1 Å². The Morgan fingerprint density at radius 1 is 0.778 bits per heavy atom. The minimum Gasteiger partial charge on any atom is -0.396 e. The summed E-state index contributed by atoms with van der Waals surface area (Å²) in [6.45, 7) is 4.76. The summed E-state index contributed by atoms with van der Waals surface area (Å²) in [7, 11) is -2.95. The van der Waals surface area contributed by atoms with Crippen LogP contribution in [0.25, 0.3) is 0 Å². The van der Waals surface area contributed by atoms with Gasteiger partial charge in [0.25, 0.3) is 0 Å². The Balaban J connectivity index is 4.25. The van der Waals surface area contributed by atoms with E-state index in [1.54, 1.807) is 0 Å². The molecule has 0 amide bonds. The van der Waals surface area contributed by atoms with E-state index in [1.165, 1.54) is 5.70 Å². The van der Waals surface area contributed by atoms with Crippen molar-refractivity contribution in [1.29, 1.82) is 0 Å². The molecule has 0 unspecified atom stereocenters. The molecule has 108 valence electrons. The van der Waals surface area contributed by atoms with Gasteiger partial charge in [0.2, 0.25) is 0 Å². The molecule has 0 aliphatic heterocycles. The van der Waals surface area contributed by atoms with Crippen LogP contribution in [0.1, 0.15) is 19.3 Å². The molecular weight excluding hydrogens is 256 g/mol. The van der Waals surface area contributed by atoms with Crippen LogP contribution in [0.3, 0.4) is 0 Å². The van der Waals surface area contributed by atoms with Crippen LogP contribution < -0.4 is 0 Å². The smallest absolute Gasteiger partial charge is 0.396 e. The lowest BCUT2D eigenvalue weighted by Crippen LogP contribution is -2.45. The molecule has 0 atom stereocenters. The first-order chi connectivity index (χ1) is 8.74. The second-order valence-electron chi connectivity index (χ2n) is 3.58. The van der Waals surface area contributed by atoms with Gasteiger partial charge in [-0.1, -0.05) is 6.58 Å². The first-order valence-electron chi connectivity index (χ1n) is 6.12. The Bertz CT molecular complexity index is 175. The standard InChI is InChI=1S/C11H24O6Si/c1-2-18(15-9-3-6-12,16-10-4-7-13)17-11-5-8-14/h2,12-14H,1,3-11H2. The van der Waals surface area contributed by atoms with Gasteiger partial charge in [0.05, 0.1) is 0 Å². The molecule has 7 heteroatoms. The van der Waals surface area contributed by atoms with E-state index >= 15 is 0 Å². The number of hydrogen-bond acceptors (Lipinski definition) is 6. The summed E-state index contributed by atoms with van der Waals surface area (Å²) >= 11 is 0. The molecule has 0 heterocycles. The molecule has 0 aromatic rings. The van der Waals surface area contributed by atoms with Gasteiger partial charge in [-0.2, -0.15) is 0 Å². The topological polar surface area (TPSA) is 88.4 Å². The van der Waals surface area contributed by atoms with Crippen molar-refractivity contribution >= 4 is 8.80 Å². The highest BCUT2D eigenvalue weighted by atomic mass is 28.4. The molecule has 3 N–H and O–H groups in total. The van der Waals surface area contributed by atoms with Crippen LogP contribution in [0.15, 0.2) is 12.3 Å². The summed E-state index contributed by atoms with van der Waals surface area (Å²) in [5.41, 5.74) is 1.53. The fourth-order valence-corrected chi connectivity index (χ4v) is 3.03. The van der Waals surface area contributed by atoms with Crippen molar-refractivity contribution in [3.8, 4) is 0 Å². The normalized spacial score (nSPS) is 11.7. The highest BCUT2D eigenvalue weighted by Gasteiger charge is 2.37. The number of aliphatic hydroxyl groups is 3. The molecule has 0 spiro atoms. The van der Waals surface area contributed by atoms with Gasteiger partial charge in [0.1, 0.15) is 0 Å².